The van der Waals surface area contributed by atoms with Gasteiger partial charge in [0.25, 0.3) is 0 Å². The van der Waals surface area contributed by atoms with Crippen molar-refractivity contribution in [2.24, 2.45) is 5.41 Å². The molecule has 0 radical (unpaired) electrons. The zero-order chi connectivity index (χ0) is 13.2. The largest absolute Gasteiger partial charge is 0.382 e. The van der Waals surface area contributed by atoms with Crippen LogP contribution in [0.15, 0.2) is 28.7 Å². The Balaban J connectivity index is 2.03. The van der Waals surface area contributed by atoms with E-state index in [1.807, 2.05) is 6.07 Å². The Kier molecular flexibility index (Phi) is 4.33. The Morgan fingerprint density at radius 2 is 2.22 bits per heavy atom. The fourth-order valence-corrected chi connectivity index (χ4v) is 3.15. The highest BCUT2D eigenvalue weighted by Gasteiger charge is 2.51. The molecule has 1 aromatic rings. The van der Waals surface area contributed by atoms with Crippen molar-refractivity contribution in [3.63, 3.8) is 0 Å². The van der Waals surface area contributed by atoms with Crippen LogP contribution in [0.2, 0.25) is 0 Å². The molecule has 0 saturated heterocycles. The molecular weight excluding hydrogens is 290 g/mol. The van der Waals surface area contributed by atoms with Crippen LogP contribution in [0.4, 0.5) is 5.69 Å². The van der Waals surface area contributed by atoms with Gasteiger partial charge < -0.3 is 10.1 Å². The maximum atomic E-state index is 5.83. The zero-order valence-corrected chi connectivity index (χ0v) is 13.0. The fraction of sp³-hybridized carbons (Fsp3) is 0.600. The molecule has 1 saturated carbocycles. The average Bonchev–Trinajstić information content (AvgIpc) is 2.36. The van der Waals surface area contributed by atoms with Gasteiger partial charge in [-0.15, -0.1) is 0 Å². The summed E-state index contributed by atoms with van der Waals surface area (Å²) in [5, 5.41) is 3.64. The molecule has 0 spiro atoms. The third-order valence-corrected chi connectivity index (χ3v) is 4.77. The summed E-state index contributed by atoms with van der Waals surface area (Å²) in [7, 11) is 0. The highest BCUT2D eigenvalue weighted by atomic mass is 79.9. The van der Waals surface area contributed by atoms with E-state index in [1.165, 1.54) is 5.69 Å². The number of benzene rings is 1. The van der Waals surface area contributed by atoms with Gasteiger partial charge in [-0.2, -0.15) is 0 Å². The molecular formula is C15H22BrNO. The smallest absolute Gasteiger partial charge is 0.0667 e. The second kappa shape index (κ2) is 5.62. The predicted octanol–water partition coefficient (Wildman–Crippen LogP) is 4.45. The first-order chi connectivity index (χ1) is 8.60. The minimum atomic E-state index is 0.248. The topological polar surface area (TPSA) is 21.3 Å². The van der Waals surface area contributed by atoms with Gasteiger partial charge in [0.05, 0.1) is 6.10 Å². The summed E-state index contributed by atoms with van der Waals surface area (Å²) in [6, 6.07) is 8.87. The SMILES string of the molecule is CCOC1CC(Nc2cccc(Br)c2)C1(C)CC. The molecule has 3 atom stereocenters. The lowest BCUT2D eigenvalue weighted by atomic mass is 9.61. The minimum Gasteiger partial charge on any atom is -0.382 e. The van der Waals surface area contributed by atoms with E-state index in [4.69, 9.17) is 4.74 Å². The Bertz CT molecular complexity index is 409. The summed E-state index contributed by atoms with van der Waals surface area (Å²) in [6.07, 6.45) is 2.64. The summed E-state index contributed by atoms with van der Waals surface area (Å²) in [5.74, 6) is 0. The summed E-state index contributed by atoms with van der Waals surface area (Å²) < 4.78 is 6.94. The summed E-state index contributed by atoms with van der Waals surface area (Å²) in [4.78, 5) is 0. The van der Waals surface area contributed by atoms with Gasteiger partial charge in [-0.25, -0.2) is 0 Å². The molecule has 0 heterocycles. The molecule has 1 aliphatic carbocycles. The van der Waals surface area contributed by atoms with Crippen molar-refractivity contribution < 1.29 is 4.74 Å². The third kappa shape index (κ3) is 2.57. The number of hydrogen-bond acceptors (Lipinski definition) is 2. The monoisotopic (exact) mass is 311 g/mol. The highest BCUT2D eigenvalue weighted by Crippen LogP contribution is 2.47. The van der Waals surface area contributed by atoms with E-state index in [9.17, 15) is 0 Å². The molecule has 1 N–H and O–H groups in total. The molecule has 3 unspecified atom stereocenters. The van der Waals surface area contributed by atoms with Crippen LogP contribution in [0.25, 0.3) is 0 Å². The van der Waals surface area contributed by atoms with Crippen LogP contribution >= 0.6 is 15.9 Å². The Morgan fingerprint density at radius 1 is 1.44 bits per heavy atom. The number of hydrogen-bond donors (Lipinski definition) is 1. The molecule has 0 aromatic heterocycles. The summed E-state index contributed by atoms with van der Waals surface area (Å²) in [5.41, 5.74) is 1.43. The van der Waals surface area contributed by atoms with Crippen molar-refractivity contribution in [1.82, 2.24) is 0 Å². The number of ether oxygens (including phenoxy) is 1. The van der Waals surface area contributed by atoms with Crippen LogP contribution in [0.5, 0.6) is 0 Å². The van der Waals surface area contributed by atoms with Crippen molar-refractivity contribution in [3.05, 3.63) is 28.7 Å². The maximum Gasteiger partial charge on any atom is 0.0667 e. The molecule has 1 aromatic carbocycles. The Morgan fingerprint density at radius 3 is 2.83 bits per heavy atom. The fourth-order valence-electron chi connectivity index (χ4n) is 2.75. The van der Waals surface area contributed by atoms with E-state index < -0.39 is 0 Å². The van der Waals surface area contributed by atoms with Crippen molar-refractivity contribution in [2.45, 2.75) is 45.8 Å². The van der Waals surface area contributed by atoms with Crippen molar-refractivity contribution in [2.75, 3.05) is 11.9 Å². The van der Waals surface area contributed by atoms with Gasteiger partial charge in [0.15, 0.2) is 0 Å². The van der Waals surface area contributed by atoms with E-state index >= 15 is 0 Å². The van der Waals surface area contributed by atoms with Crippen LogP contribution < -0.4 is 5.32 Å². The van der Waals surface area contributed by atoms with Crippen LogP contribution in [0.3, 0.4) is 0 Å². The van der Waals surface area contributed by atoms with Gasteiger partial charge >= 0.3 is 0 Å². The second-order valence-electron chi connectivity index (χ2n) is 5.25. The number of halogens is 1. The van der Waals surface area contributed by atoms with E-state index in [2.05, 4.69) is 60.2 Å². The standard InChI is InChI=1S/C15H22BrNO/c1-4-15(3)13(10-14(15)18-5-2)17-12-8-6-7-11(16)9-12/h6-9,13-14,17H,4-5,10H2,1-3H3. The zero-order valence-electron chi connectivity index (χ0n) is 11.4. The molecule has 0 aliphatic heterocycles. The Labute approximate surface area is 118 Å². The third-order valence-electron chi connectivity index (χ3n) is 4.28. The summed E-state index contributed by atoms with van der Waals surface area (Å²) in [6.45, 7) is 7.46. The molecule has 3 heteroatoms. The molecule has 0 amide bonds. The number of nitrogens with one attached hydrogen (secondary N) is 1. The van der Waals surface area contributed by atoms with Gasteiger partial charge in [-0.05, 0) is 38.0 Å². The maximum absolute atomic E-state index is 5.83. The van der Waals surface area contributed by atoms with Gasteiger partial charge in [0, 0.05) is 28.2 Å². The lowest BCUT2D eigenvalue weighted by Crippen LogP contribution is -2.59. The van der Waals surface area contributed by atoms with Gasteiger partial charge in [-0.3, -0.25) is 0 Å². The van der Waals surface area contributed by atoms with Crippen molar-refractivity contribution in [3.8, 4) is 0 Å². The molecule has 100 valence electrons. The van der Waals surface area contributed by atoms with E-state index in [0.29, 0.717) is 12.1 Å². The molecule has 18 heavy (non-hydrogen) atoms. The van der Waals surface area contributed by atoms with Crippen molar-refractivity contribution in [1.29, 1.82) is 0 Å². The lowest BCUT2D eigenvalue weighted by molar-refractivity contribution is -0.109. The van der Waals surface area contributed by atoms with Gasteiger partial charge in [0.1, 0.15) is 0 Å². The molecule has 0 bridgehead atoms. The van der Waals surface area contributed by atoms with Gasteiger partial charge in [0.2, 0.25) is 0 Å². The van der Waals surface area contributed by atoms with E-state index in [-0.39, 0.29) is 5.41 Å². The predicted molar refractivity (Wildman–Crippen MR) is 80.0 cm³/mol. The van der Waals surface area contributed by atoms with Crippen LogP contribution in [0.1, 0.15) is 33.6 Å². The second-order valence-corrected chi connectivity index (χ2v) is 6.16. The highest BCUT2D eigenvalue weighted by molar-refractivity contribution is 9.10. The lowest BCUT2D eigenvalue weighted by Gasteiger charge is -2.54. The van der Waals surface area contributed by atoms with Crippen LogP contribution in [-0.2, 0) is 4.74 Å². The normalized spacial score (nSPS) is 30.9. The first-order valence-corrected chi connectivity index (χ1v) is 7.53. The number of rotatable bonds is 5. The van der Waals surface area contributed by atoms with Gasteiger partial charge in [-0.1, -0.05) is 35.8 Å². The average molecular weight is 312 g/mol. The first-order valence-electron chi connectivity index (χ1n) is 6.74. The molecule has 2 nitrogen and oxygen atoms in total. The molecule has 1 aliphatic rings. The minimum absolute atomic E-state index is 0.248. The van der Waals surface area contributed by atoms with Crippen LogP contribution in [-0.4, -0.2) is 18.8 Å². The quantitative estimate of drug-likeness (QED) is 0.867. The van der Waals surface area contributed by atoms with Crippen molar-refractivity contribution >= 4 is 21.6 Å². The first kappa shape index (κ1) is 13.9. The van der Waals surface area contributed by atoms with E-state index in [1.54, 1.807) is 0 Å². The summed E-state index contributed by atoms with van der Waals surface area (Å²) >= 11 is 3.51. The van der Waals surface area contributed by atoms with Crippen LogP contribution in [0, 0.1) is 5.41 Å². The Hall–Kier alpha value is -0.540. The number of anilines is 1. The molecule has 2 rings (SSSR count). The molecule has 1 fully saturated rings. The van der Waals surface area contributed by atoms with E-state index in [0.717, 1.165) is 23.9 Å².